The van der Waals surface area contributed by atoms with Crippen molar-refractivity contribution in [2.75, 3.05) is 26.2 Å². The molecule has 1 heterocycles. The lowest BCUT2D eigenvalue weighted by Crippen LogP contribution is -2.34. The van der Waals surface area contributed by atoms with E-state index in [0.717, 1.165) is 51.4 Å². The number of rotatable bonds is 4. The fourth-order valence-corrected chi connectivity index (χ4v) is 3.09. The van der Waals surface area contributed by atoms with Crippen LogP contribution in [0.5, 0.6) is 0 Å². The second-order valence-electron chi connectivity index (χ2n) is 5.53. The van der Waals surface area contributed by atoms with E-state index in [0.29, 0.717) is 5.91 Å². The summed E-state index contributed by atoms with van der Waals surface area (Å²) in [6.07, 6.45) is 9.90. The van der Waals surface area contributed by atoms with Gasteiger partial charge in [-0.3, -0.25) is 4.79 Å². The molecule has 0 bridgehead atoms. The van der Waals surface area contributed by atoms with Gasteiger partial charge in [-0.2, -0.15) is 0 Å². The first kappa shape index (κ1) is 12.9. The molecule has 2 aliphatic rings. The van der Waals surface area contributed by atoms with Crippen LogP contribution in [0.25, 0.3) is 0 Å². The quantitative estimate of drug-likeness (QED) is 0.814. The summed E-state index contributed by atoms with van der Waals surface area (Å²) in [5, 5.41) is 3.34. The van der Waals surface area contributed by atoms with Crippen LogP contribution in [-0.4, -0.2) is 37.0 Å². The van der Waals surface area contributed by atoms with Crippen molar-refractivity contribution in [1.29, 1.82) is 0 Å². The first-order chi connectivity index (χ1) is 8.36. The summed E-state index contributed by atoms with van der Waals surface area (Å²) in [5.41, 5.74) is 0. The zero-order valence-electron chi connectivity index (χ0n) is 10.9. The number of amides is 1. The molecular weight excluding hydrogens is 212 g/mol. The van der Waals surface area contributed by atoms with Crippen molar-refractivity contribution in [1.82, 2.24) is 10.2 Å². The van der Waals surface area contributed by atoms with Crippen molar-refractivity contribution in [3.63, 3.8) is 0 Å². The fraction of sp³-hybridized carbons (Fsp3) is 0.929. The Kier molecular flexibility index (Phi) is 5.30. The average Bonchev–Trinajstić information content (AvgIpc) is 2.69. The minimum atomic E-state index is 0.381. The molecule has 1 saturated heterocycles. The summed E-state index contributed by atoms with van der Waals surface area (Å²) < 4.78 is 0. The van der Waals surface area contributed by atoms with E-state index >= 15 is 0 Å². The van der Waals surface area contributed by atoms with E-state index in [9.17, 15) is 4.79 Å². The highest BCUT2D eigenvalue weighted by atomic mass is 16.2. The van der Waals surface area contributed by atoms with Crippen molar-refractivity contribution in [3.05, 3.63) is 0 Å². The minimum Gasteiger partial charge on any atom is -0.341 e. The second kappa shape index (κ2) is 7.00. The van der Waals surface area contributed by atoms with Crippen LogP contribution >= 0.6 is 0 Å². The van der Waals surface area contributed by atoms with Gasteiger partial charge in [0, 0.05) is 26.1 Å². The molecule has 98 valence electrons. The predicted octanol–water partition coefficient (Wildman–Crippen LogP) is 2.17. The van der Waals surface area contributed by atoms with Crippen LogP contribution in [0.15, 0.2) is 0 Å². The van der Waals surface area contributed by atoms with E-state index in [1.807, 2.05) is 0 Å². The maximum Gasteiger partial charge on any atom is 0.222 e. The molecule has 0 radical (unpaired) electrons. The monoisotopic (exact) mass is 238 g/mol. The van der Waals surface area contributed by atoms with Gasteiger partial charge in [0.1, 0.15) is 0 Å². The lowest BCUT2D eigenvalue weighted by atomic mass is 10.0. The van der Waals surface area contributed by atoms with Gasteiger partial charge in [-0.05, 0) is 31.7 Å². The molecule has 2 fully saturated rings. The molecule has 0 aromatic heterocycles. The van der Waals surface area contributed by atoms with Crippen molar-refractivity contribution in [2.24, 2.45) is 5.92 Å². The zero-order chi connectivity index (χ0) is 11.9. The van der Waals surface area contributed by atoms with Gasteiger partial charge >= 0.3 is 0 Å². The molecule has 0 atom stereocenters. The Morgan fingerprint density at radius 2 is 1.94 bits per heavy atom. The molecule has 1 amide bonds. The predicted molar refractivity (Wildman–Crippen MR) is 69.9 cm³/mol. The number of nitrogens with one attached hydrogen (secondary N) is 1. The van der Waals surface area contributed by atoms with Gasteiger partial charge in [-0.1, -0.05) is 25.7 Å². The summed E-state index contributed by atoms with van der Waals surface area (Å²) in [6.45, 7) is 3.89. The highest BCUT2D eigenvalue weighted by Gasteiger charge is 2.17. The smallest absolute Gasteiger partial charge is 0.222 e. The van der Waals surface area contributed by atoms with Crippen LogP contribution in [-0.2, 0) is 4.79 Å². The molecule has 1 aliphatic heterocycles. The Labute approximate surface area is 105 Å². The van der Waals surface area contributed by atoms with Crippen LogP contribution in [0.2, 0.25) is 0 Å². The van der Waals surface area contributed by atoms with Gasteiger partial charge in [0.25, 0.3) is 0 Å². The second-order valence-corrected chi connectivity index (χ2v) is 5.53. The van der Waals surface area contributed by atoms with Gasteiger partial charge in [0.2, 0.25) is 5.91 Å². The summed E-state index contributed by atoms with van der Waals surface area (Å²) in [5.74, 6) is 1.31. The van der Waals surface area contributed by atoms with Gasteiger partial charge in [0.15, 0.2) is 0 Å². The van der Waals surface area contributed by atoms with E-state index in [2.05, 4.69) is 10.2 Å². The average molecular weight is 238 g/mol. The molecule has 0 aromatic rings. The Bertz CT molecular complexity index is 228. The van der Waals surface area contributed by atoms with Crippen LogP contribution in [0.3, 0.4) is 0 Å². The van der Waals surface area contributed by atoms with Crippen molar-refractivity contribution in [3.8, 4) is 0 Å². The van der Waals surface area contributed by atoms with Crippen LogP contribution in [0.1, 0.15) is 51.4 Å². The Morgan fingerprint density at radius 1 is 1.12 bits per heavy atom. The molecule has 0 aromatic carbocycles. The van der Waals surface area contributed by atoms with Crippen LogP contribution in [0.4, 0.5) is 0 Å². The summed E-state index contributed by atoms with van der Waals surface area (Å²) in [7, 11) is 0. The number of carbonyl (C=O) groups excluding carboxylic acids is 1. The minimum absolute atomic E-state index is 0.381. The van der Waals surface area contributed by atoms with Crippen molar-refractivity contribution in [2.45, 2.75) is 51.4 Å². The standard InChI is InChI=1S/C14H26N2O/c17-14(16-11-4-9-15-10-12-16)8-3-7-13-5-1-2-6-13/h13,15H,1-12H2. The van der Waals surface area contributed by atoms with E-state index in [-0.39, 0.29) is 0 Å². The lowest BCUT2D eigenvalue weighted by Gasteiger charge is -2.20. The molecule has 3 nitrogen and oxygen atoms in total. The zero-order valence-corrected chi connectivity index (χ0v) is 10.9. The molecule has 2 rings (SSSR count). The maximum absolute atomic E-state index is 12.0. The van der Waals surface area contributed by atoms with E-state index < -0.39 is 0 Å². The van der Waals surface area contributed by atoms with Gasteiger partial charge in [-0.15, -0.1) is 0 Å². The first-order valence-corrected chi connectivity index (χ1v) is 7.35. The third-order valence-corrected chi connectivity index (χ3v) is 4.17. The molecule has 1 aliphatic carbocycles. The SMILES string of the molecule is O=C(CCCC1CCCC1)N1CCCNCC1. The van der Waals surface area contributed by atoms with Gasteiger partial charge in [-0.25, -0.2) is 0 Å². The fourth-order valence-electron chi connectivity index (χ4n) is 3.09. The van der Waals surface area contributed by atoms with Crippen LogP contribution < -0.4 is 5.32 Å². The highest BCUT2D eigenvalue weighted by Crippen LogP contribution is 2.28. The van der Waals surface area contributed by atoms with Crippen molar-refractivity contribution < 1.29 is 4.79 Å². The molecule has 1 saturated carbocycles. The topological polar surface area (TPSA) is 32.3 Å². The Hall–Kier alpha value is -0.570. The molecule has 1 N–H and O–H groups in total. The third-order valence-electron chi connectivity index (χ3n) is 4.17. The Morgan fingerprint density at radius 3 is 2.76 bits per heavy atom. The van der Waals surface area contributed by atoms with E-state index in [1.54, 1.807) is 0 Å². The maximum atomic E-state index is 12.0. The molecule has 0 spiro atoms. The number of nitrogens with zero attached hydrogens (tertiary/aromatic N) is 1. The molecule has 3 heteroatoms. The Balaban J connectivity index is 1.61. The summed E-state index contributed by atoms with van der Waals surface area (Å²) in [4.78, 5) is 14.1. The van der Waals surface area contributed by atoms with Crippen molar-refractivity contribution >= 4 is 5.91 Å². The summed E-state index contributed by atoms with van der Waals surface area (Å²) in [6, 6.07) is 0. The van der Waals surface area contributed by atoms with E-state index in [4.69, 9.17) is 0 Å². The normalized spacial score (nSPS) is 22.7. The van der Waals surface area contributed by atoms with Gasteiger partial charge < -0.3 is 10.2 Å². The van der Waals surface area contributed by atoms with Crippen LogP contribution in [0, 0.1) is 5.92 Å². The molecular formula is C14H26N2O. The molecule has 17 heavy (non-hydrogen) atoms. The largest absolute Gasteiger partial charge is 0.341 e. The lowest BCUT2D eigenvalue weighted by molar-refractivity contribution is -0.131. The van der Waals surface area contributed by atoms with Gasteiger partial charge in [0.05, 0.1) is 0 Å². The summed E-state index contributed by atoms with van der Waals surface area (Å²) >= 11 is 0. The number of hydrogen-bond donors (Lipinski definition) is 1. The number of hydrogen-bond acceptors (Lipinski definition) is 2. The highest BCUT2D eigenvalue weighted by molar-refractivity contribution is 5.76. The molecule has 0 unspecified atom stereocenters. The number of carbonyl (C=O) groups is 1. The third kappa shape index (κ3) is 4.30. The first-order valence-electron chi connectivity index (χ1n) is 7.35. The van der Waals surface area contributed by atoms with E-state index in [1.165, 1.54) is 32.1 Å².